The normalized spacial score (nSPS) is 17.3. The number of rotatable bonds is 8. The second kappa shape index (κ2) is 7.47. The van der Waals surface area contributed by atoms with E-state index in [4.69, 9.17) is 9.15 Å². The molecule has 0 bridgehead atoms. The summed E-state index contributed by atoms with van der Waals surface area (Å²) in [5.41, 5.74) is 0. The van der Waals surface area contributed by atoms with Crippen LogP contribution in [-0.4, -0.2) is 37.0 Å². The van der Waals surface area contributed by atoms with E-state index in [1.54, 1.807) is 0 Å². The lowest BCUT2D eigenvalue weighted by atomic mass is 10.2. The highest BCUT2D eigenvalue weighted by molar-refractivity contribution is 5.74. The quantitative estimate of drug-likeness (QED) is 0.682. The summed E-state index contributed by atoms with van der Waals surface area (Å²) in [6, 6.07) is 3.13. The van der Waals surface area contributed by atoms with Gasteiger partial charge in [-0.3, -0.25) is 0 Å². The Kier molecular flexibility index (Phi) is 5.64. The van der Waals surface area contributed by atoms with Gasteiger partial charge in [0.2, 0.25) is 0 Å². The summed E-state index contributed by atoms with van der Waals surface area (Å²) >= 11 is 0. The Bertz CT molecular complexity index is 456. The minimum Gasteiger partial charge on any atom is -0.464 e. The minimum absolute atomic E-state index is 0.167. The molecule has 1 aromatic heterocycles. The fourth-order valence-corrected chi connectivity index (χ4v) is 1.93. The maximum atomic E-state index is 11.7. The zero-order chi connectivity index (χ0) is 15.2. The topological polar surface area (TPSA) is 83.7 Å². The molecule has 2 atom stereocenters. The van der Waals surface area contributed by atoms with Crippen molar-refractivity contribution >= 4 is 6.03 Å². The van der Waals surface area contributed by atoms with Crippen LogP contribution >= 0.6 is 0 Å². The molecule has 3 N–H and O–H groups in total. The van der Waals surface area contributed by atoms with E-state index in [1.165, 1.54) is 12.8 Å². The molecule has 21 heavy (non-hydrogen) atoms. The monoisotopic (exact) mass is 296 g/mol. The number of amides is 2. The van der Waals surface area contributed by atoms with Crippen LogP contribution in [0.5, 0.6) is 0 Å². The highest BCUT2D eigenvalue weighted by Crippen LogP contribution is 2.28. The summed E-state index contributed by atoms with van der Waals surface area (Å²) in [6.45, 7) is 4.82. The molecule has 0 aromatic carbocycles. The number of carbonyl (C=O) groups excluding carboxylic acids is 1. The summed E-state index contributed by atoms with van der Waals surface area (Å²) < 4.78 is 10.8. The van der Waals surface area contributed by atoms with Crippen molar-refractivity contribution in [3.63, 3.8) is 0 Å². The molecule has 1 saturated carbocycles. The van der Waals surface area contributed by atoms with Crippen LogP contribution in [0.4, 0.5) is 4.79 Å². The lowest BCUT2D eigenvalue weighted by Gasteiger charge is -2.15. The molecule has 2 unspecified atom stereocenters. The number of nitrogens with one attached hydrogen (secondary N) is 2. The number of hydrogen-bond donors (Lipinski definition) is 3. The Morgan fingerprint density at radius 3 is 2.90 bits per heavy atom. The molecular formula is C15H24N2O4. The third-order valence-electron chi connectivity index (χ3n) is 3.39. The zero-order valence-electron chi connectivity index (χ0n) is 12.6. The maximum absolute atomic E-state index is 11.7. The standard InChI is InChI=1S/C15H24N2O4/c1-10-3-6-14(21-10)11(2)17-15(19)16-7-13(18)9-20-8-12-4-5-12/h3,6,11-13,18H,4-5,7-9H2,1-2H3,(H2,16,17,19). The first-order chi connectivity index (χ1) is 10.0. The Labute approximate surface area is 124 Å². The van der Waals surface area contributed by atoms with Crippen LogP contribution in [0, 0.1) is 12.8 Å². The largest absolute Gasteiger partial charge is 0.464 e. The first-order valence-corrected chi connectivity index (χ1v) is 7.41. The lowest BCUT2D eigenvalue weighted by Crippen LogP contribution is -2.41. The smallest absolute Gasteiger partial charge is 0.315 e. The van der Waals surface area contributed by atoms with E-state index in [9.17, 15) is 9.90 Å². The van der Waals surface area contributed by atoms with Gasteiger partial charge in [-0.05, 0) is 44.7 Å². The lowest BCUT2D eigenvalue weighted by molar-refractivity contribution is 0.0337. The molecule has 1 aromatic rings. The van der Waals surface area contributed by atoms with E-state index >= 15 is 0 Å². The molecule has 0 spiro atoms. The molecule has 0 saturated heterocycles. The molecule has 1 fully saturated rings. The number of ether oxygens (including phenoxy) is 1. The zero-order valence-corrected chi connectivity index (χ0v) is 12.6. The van der Waals surface area contributed by atoms with Gasteiger partial charge in [0.25, 0.3) is 0 Å². The summed E-state index contributed by atoms with van der Waals surface area (Å²) in [6.07, 6.45) is 1.76. The molecule has 0 radical (unpaired) electrons. The van der Waals surface area contributed by atoms with Gasteiger partial charge in [-0.25, -0.2) is 4.79 Å². The van der Waals surface area contributed by atoms with E-state index in [-0.39, 0.29) is 25.2 Å². The molecule has 1 aliphatic carbocycles. The van der Waals surface area contributed by atoms with Crippen LogP contribution in [0.1, 0.15) is 37.3 Å². The fraction of sp³-hybridized carbons (Fsp3) is 0.667. The van der Waals surface area contributed by atoms with Crippen molar-refractivity contribution in [1.82, 2.24) is 10.6 Å². The molecule has 6 heteroatoms. The number of furan rings is 1. The molecule has 0 aliphatic heterocycles. The average molecular weight is 296 g/mol. The highest BCUT2D eigenvalue weighted by atomic mass is 16.5. The van der Waals surface area contributed by atoms with Gasteiger partial charge < -0.3 is 24.9 Å². The van der Waals surface area contributed by atoms with Crippen molar-refractivity contribution in [3.05, 3.63) is 23.7 Å². The summed E-state index contributed by atoms with van der Waals surface area (Å²) in [5.74, 6) is 2.18. The molecule has 6 nitrogen and oxygen atoms in total. The van der Waals surface area contributed by atoms with Crippen LogP contribution in [0.15, 0.2) is 16.5 Å². The van der Waals surface area contributed by atoms with Crippen LogP contribution in [-0.2, 0) is 4.74 Å². The van der Waals surface area contributed by atoms with E-state index in [1.807, 2.05) is 26.0 Å². The Morgan fingerprint density at radius 1 is 1.52 bits per heavy atom. The van der Waals surface area contributed by atoms with Crippen LogP contribution < -0.4 is 10.6 Å². The molecular weight excluding hydrogens is 272 g/mol. The van der Waals surface area contributed by atoms with E-state index < -0.39 is 6.10 Å². The number of aliphatic hydroxyl groups excluding tert-OH is 1. The Hall–Kier alpha value is -1.53. The van der Waals surface area contributed by atoms with E-state index in [2.05, 4.69) is 10.6 Å². The first kappa shape index (κ1) is 15.9. The number of urea groups is 1. The second-order valence-electron chi connectivity index (χ2n) is 5.66. The predicted octanol–water partition coefficient (Wildman–Crippen LogP) is 1.74. The van der Waals surface area contributed by atoms with Gasteiger partial charge in [0, 0.05) is 13.2 Å². The van der Waals surface area contributed by atoms with Gasteiger partial charge in [0.1, 0.15) is 11.5 Å². The number of aryl methyl sites for hydroxylation is 1. The maximum Gasteiger partial charge on any atom is 0.315 e. The fourth-order valence-electron chi connectivity index (χ4n) is 1.93. The Morgan fingerprint density at radius 2 is 2.29 bits per heavy atom. The highest BCUT2D eigenvalue weighted by Gasteiger charge is 2.21. The number of carbonyl (C=O) groups is 1. The minimum atomic E-state index is -0.685. The third kappa shape index (κ3) is 5.77. The SMILES string of the molecule is Cc1ccc(C(C)NC(=O)NCC(O)COCC2CC2)o1. The second-order valence-corrected chi connectivity index (χ2v) is 5.66. The number of aliphatic hydroxyl groups is 1. The average Bonchev–Trinajstić information content (AvgIpc) is 3.16. The Balaban J connectivity index is 1.59. The van der Waals surface area contributed by atoms with Crippen molar-refractivity contribution in [1.29, 1.82) is 0 Å². The predicted molar refractivity (Wildman–Crippen MR) is 77.9 cm³/mol. The van der Waals surface area contributed by atoms with Crippen molar-refractivity contribution in [2.75, 3.05) is 19.8 Å². The van der Waals surface area contributed by atoms with Crippen LogP contribution in [0.25, 0.3) is 0 Å². The van der Waals surface area contributed by atoms with Gasteiger partial charge in [0.05, 0.1) is 18.8 Å². The van der Waals surface area contributed by atoms with Gasteiger partial charge in [-0.1, -0.05) is 0 Å². The van der Waals surface area contributed by atoms with Gasteiger partial charge in [-0.15, -0.1) is 0 Å². The van der Waals surface area contributed by atoms with Crippen molar-refractivity contribution in [2.24, 2.45) is 5.92 Å². The van der Waals surface area contributed by atoms with Gasteiger partial charge in [0.15, 0.2) is 0 Å². The van der Waals surface area contributed by atoms with Gasteiger partial charge in [-0.2, -0.15) is 0 Å². The molecule has 1 heterocycles. The van der Waals surface area contributed by atoms with Crippen LogP contribution in [0.3, 0.4) is 0 Å². The number of hydrogen-bond acceptors (Lipinski definition) is 4. The summed E-state index contributed by atoms with van der Waals surface area (Å²) in [7, 11) is 0. The third-order valence-corrected chi connectivity index (χ3v) is 3.39. The van der Waals surface area contributed by atoms with Crippen molar-refractivity contribution in [2.45, 2.75) is 38.8 Å². The van der Waals surface area contributed by atoms with E-state index in [0.717, 1.165) is 5.76 Å². The van der Waals surface area contributed by atoms with Crippen molar-refractivity contribution < 1.29 is 19.1 Å². The van der Waals surface area contributed by atoms with Gasteiger partial charge >= 0.3 is 6.03 Å². The van der Waals surface area contributed by atoms with E-state index in [0.29, 0.717) is 18.3 Å². The van der Waals surface area contributed by atoms with Crippen LogP contribution in [0.2, 0.25) is 0 Å². The molecule has 2 rings (SSSR count). The first-order valence-electron chi connectivity index (χ1n) is 7.41. The molecule has 2 amide bonds. The molecule has 1 aliphatic rings. The molecule has 118 valence electrons. The summed E-state index contributed by atoms with van der Waals surface area (Å²) in [4.78, 5) is 11.7. The summed E-state index contributed by atoms with van der Waals surface area (Å²) in [5, 5.41) is 15.1. The van der Waals surface area contributed by atoms with Crippen molar-refractivity contribution in [3.8, 4) is 0 Å².